The number of hydrogen-bond donors (Lipinski definition) is 1. The van der Waals surface area contributed by atoms with Gasteiger partial charge < -0.3 is 14.6 Å². The monoisotopic (exact) mass is 406 g/mol. The molecule has 0 bridgehead atoms. The maximum Gasteiger partial charge on any atom is 0.271 e. The van der Waals surface area contributed by atoms with Gasteiger partial charge in [0.25, 0.3) is 5.91 Å². The lowest BCUT2D eigenvalue weighted by Gasteiger charge is -2.14. The van der Waals surface area contributed by atoms with E-state index in [0.717, 1.165) is 27.8 Å². The summed E-state index contributed by atoms with van der Waals surface area (Å²) >= 11 is 0. The van der Waals surface area contributed by atoms with Crippen LogP contribution in [-0.4, -0.2) is 43.4 Å². The number of carbonyl (C=O) groups excluding carboxylic acids is 1. The molecule has 8 nitrogen and oxygen atoms in total. The van der Waals surface area contributed by atoms with Crippen LogP contribution in [0.1, 0.15) is 48.3 Å². The second-order valence-corrected chi connectivity index (χ2v) is 7.97. The molecule has 1 unspecified atom stereocenters. The molecule has 8 heteroatoms. The number of rotatable bonds is 6. The van der Waals surface area contributed by atoms with E-state index in [1.165, 1.54) is 6.33 Å². The summed E-state index contributed by atoms with van der Waals surface area (Å²) < 4.78 is 9.03. The fraction of sp³-hybridized carbons (Fsp3) is 0.364. The first kappa shape index (κ1) is 19.9. The lowest BCUT2D eigenvalue weighted by atomic mass is 10.0. The minimum Gasteiger partial charge on any atom is -0.497 e. The smallest absolute Gasteiger partial charge is 0.271 e. The standard InChI is InChI=1S/C22H26N6O2/c1-13(2)17-10-19(26-28-12-23-25-21(17)28)22(29)24-14(3)8-15-11-27(4)20-7-6-16(30-5)9-18(15)20/h6-7,9-14H,8H2,1-5H3,(H,24,29). The molecule has 0 saturated carbocycles. The lowest BCUT2D eigenvalue weighted by Crippen LogP contribution is -2.35. The van der Waals surface area contributed by atoms with Gasteiger partial charge in [0.1, 0.15) is 17.8 Å². The largest absolute Gasteiger partial charge is 0.497 e. The third-order valence-corrected chi connectivity index (χ3v) is 5.33. The molecule has 0 fully saturated rings. The van der Waals surface area contributed by atoms with E-state index in [9.17, 15) is 4.79 Å². The zero-order chi connectivity index (χ0) is 21.4. The number of fused-ring (bicyclic) bond motifs is 2. The molecule has 1 N–H and O–H groups in total. The Bertz CT molecular complexity index is 1220. The fourth-order valence-corrected chi connectivity index (χ4v) is 3.81. The SMILES string of the molecule is COc1ccc2c(c1)c(CC(C)NC(=O)c1cc(C(C)C)c3nncn3n1)cn2C. The number of ether oxygens (including phenoxy) is 1. The number of aryl methyl sites for hydroxylation is 1. The van der Waals surface area contributed by atoms with Crippen LogP contribution >= 0.6 is 0 Å². The van der Waals surface area contributed by atoms with Crippen LogP contribution in [0.4, 0.5) is 0 Å². The van der Waals surface area contributed by atoms with E-state index < -0.39 is 0 Å². The Morgan fingerprint density at radius 1 is 1.23 bits per heavy atom. The molecule has 30 heavy (non-hydrogen) atoms. The molecule has 0 saturated heterocycles. The van der Waals surface area contributed by atoms with Crippen molar-refractivity contribution in [3.05, 3.63) is 53.6 Å². The first-order valence-electron chi connectivity index (χ1n) is 10.0. The Hall–Kier alpha value is -3.42. The summed E-state index contributed by atoms with van der Waals surface area (Å²) in [6, 6.07) is 7.77. The second-order valence-electron chi connectivity index (χ2n) is 7.97. The Morgan fingerprint density at radius 3 is 2.77 bits per heavy atom. The van der Waals surface area contributed by atoms with Crippen molar-refractivity contribution in [2.75, 3.05) is 7.11 Å². The van der Waals surface area contributed by atoms with Crippen molar-refractivity contribution in [1.29, 1.82) is 0 Å². The van der Waals surface area contributed by atoms with Crippen molar-refractivity contribution >= 4 is 22.5 Å². The fourth-order valence-electron chi connectivity index (χ4n) is 3.81. The van der Waals surface area contributed by atoms with Crippen molar-refractivity contribution in [3.63, 3.8) is 0 Å². The summed E-state index contributed by atoms with van der Waals surface area (Å²) in [5.41, 5.74) is 4.27. The maximum absolute atomic E-state index is 12.9. The van der Waals surface area contributed by atoms with Gasteiger partial charge >= 0.3 is 0 Å². The summed E-state index contributed by atoms with van der Waals surface area (Å²) in [4.78, 5) is 12.9. The van der Waals surface area contributed by atoms with Crippen LogP contribution in [0.2, 0.25) is 0 Å². The van der Waals surface area contributed by atoms with Gasteiger partial charge in [0.2, 0.25) is 0 Å². The third-order valence-electron chi connectivity index (χ3n) is 5.33. The summed E-state index contributed by atoms with van der Waals surface area (Å²) in [5, 5.41) is 16.6. The van der Waals surface area contributed by atoms with E-state index in [2.05, 4.69) is 45.2 Å². The summed E-state index contributed by atoms with van der Waals surface area (Å²) in [7, 11) is 3.69. The normalized spacial score (nSPS) is 12.6. The first-order valence-corrected chi connectivity index (χ1v) is 10.0. The number of benzene rings is 1. The molecule has 3 heterocycles. The number of methoxy groups -OCH3 is 1. The molecular weight excluding hydrogens is 380 g/mol. The van der Waals surface area contributed by atoms with Crippen LogP contribution in [-0.2, 0) is 13.5 Å². The molecule has 0 radical (unpaired) electrons. The molecule has 0 spiro atoms. The predicted molar refractivity (Wildman–Crippen MR) is 115 cm³/mol. The highest BCUT2D eigenvalue weighted by Crippen LogP contribution is 2.26. The quantitative estimate of drug-likeness (QED) is 0.532. The molecule has 3 aromatic heterocycles. The van der Waals surface area contributed by atoms with Crippen LogP contribution in [0.3, 0.4) is 0 Å². The molecule has 1 aromatic carbocycles. The van der Waals surface area contributed by atoms with Gasteiger partial charge in [0.05, 0.1) is 7.11 Å². The van der Waals surface area contributed by atoms with E-state index in [0.29, 0.717) is 17.8 Å². The average molecular weight is 406 g/mol. The summed E-state index contributed by atoms with van der Waals surface area (Å²) in [6.07, 6.45) is 4.32. The second kappa shape index (κ2) is 7.78. The molecule has 0 aliphatic heterocycles. The average Bonchev–Trinajstić information content (AvgIpc) is 3.31. The van der Waals surface area contributed by atoms with Gasteiger partial charge in [-0.1, -0.05) is 13.8 Å². The van der Waals surface area contributed by atoms with Crippen molar-refractivity contribution in [3.8, 4) is 5.75 Å². The van der Waals surface area contributed by atoms with E-state index in [1.54, 1.807) is 17.7 Å². The Morgan fingerprint density at radius 2 is 2.03 bits per heavy atom. The van der Waals surface area contributed by atoms with Gasteiger partial charge in [0.15, 0.2) is 5.65 Å². The highest BCUT2D eigenvalue weighted by Gasteiger charge is 2.18. The minimum absolute atomic E-state index is 0.0739. The molecular formula is C22H26N6O2. The van der Waals surface area contributed by atoms with Gasteiger partial charge in [-0.2, -0.15) is 9.61 Å². The molecule has 0 aliphatic carbocycles. The summed E-state index contributed by atoms with van der Waals surface area (Å²) in [5.74, 6) is 0.812. The van der Waals surface area contributed by atoms with Crippen molar-refractivity contribution in [2.24, 2.45) is 7.05 Å². The van der Waals surface area contributed by atoms with Gasteiger partial charge in [-0.3, -0.25) is 4.79 Å². The predicted octanol–water partition coefficient (Wildman–Crippen LogP) is 3.11. The number of aromatic nitrogens is 5. The molecule has 1 amide bonds. The van der Waals surface area contributed by atoms with Crippen LogP contribution in [0.25, 0.3) is 16.6 Å². The molecule has 4 aromatic rings. The van der Waals surface area contributed by atoms with Crippen LogP contribution in [0.15, 0.2) is 36.8 Å². The summed E-state index contributed by atoms with van der Waals surface area (Å²) in [6.45, 7) is 6.11. The Labute approximate surface area is 174 Å². The molecule has 156 valence electrons. The number of hydrogen-bond acceptors (Lipinski definition) is 5. The zero-order valence-corrected chi connectivity index (χ0v) is 17.9. The van der Waals surface area contributed by atoms with Gasteiger partial charge in [-0.05, 0) is 49.1 Å². The lowest BCUT2D eigenvalue weighted by molar-refractivity contribution is 0.0933. The van der Waals surface area contributed by atoms with Gasteiger partial charge in [-0.15, -0.1) is 10.2 Å². The van der Waals surface area contributed by atoms with Crippen LogP contribution in [0.5, 0.6) is 5.75 Å². The van der Waals surface area contributed by atoms with Gasteiger partial charge in [-0.25, -0.2) is 0 Å². The maximum atomic E-state index is 12.9. The molecule has 4 rings (SSSR count). The Kier molecular flexibility index (Phi) is 5.15. The van der Waals surface area contributed by atoms with E-state index in [1.807, 2.05) is 32.2 Å². The molecule has 1 atom stereocenters. The van der Waals surface area contributed by atoms with Crippen molar-refractivity contribution in [1.82, 2.24) is 29.7 Å². The number of amides is 1. The third kappa shape index (κ3) is 3.60. The van der Waals surface area contributed by atoms with E-state index >= 15 is 0 Å². The number of carbonyl (C=O) groups is 1. The topological polar surface area (TPSA) is 86.3 Å². The van der Waals surface area contributed by atoms with E-state index in [4.69, 9.17) is 4.74 Å². The van der Waals surface area contributed by atoms with Crippen molar-refractivity contribution < 1.29 is 9.53 Å². The van der Waals surface area contributed by atoms with Crippen molar-refractivity contribution in [2.45, 2.75) is 39.2 Å². The van der Waals surface area contributed by atoms with E-state index in [-0.39, 0.29) is 17.9 Å². The highest BCUT2D eigenvalue weighted by atomic mass is 16.5. The minimum atomic E-state index is -0.210. The highest BCUT2D eigenvalue weighted by molar-refractivity contribution is 5.93. The van der Waals surface area contributed by atoms with Gasteiger partial charge in [0, 0.05) is 35.8 Å². The number of nitrogens with one attached hydrogen (secondary N) is 1. The zero-order valence-electron chi connectivity index (χ0n) is 17.9. The first-order chi connectivity index (χ1) is 14.4. The number of nitrogens with zero attached hydrogens (tertiary/aromatic N) is 5. The Balaban J connectivity index is 1.56. The van der Waals surface area contributed by atoms with Crippen LogP contribution in [0, 0.1) is 0 Å². The van der Waals surface area contributed by atoms with Crippen LogP contribution < -0.4 is 10.1 Å². The molecule has 0 aliphatic rings.